The Morgan fingerprint density at radius 1 is 1.44 bits per heavy atom. The molecule has 0 saturated heterocycles. The summed E-state index contributed by atoms with van der Waals surface area (Å²) in [5.74, 6) is -0.278. The third kappa shape index (κ3) is 3.83. The molecule has 16 heavy (non-hydrogen) atoms. The number of ether oxygens (including phenoxy) is 1. The zero-order chi connectivity index (χ0) is 12.0. The lowest BCUT2D eigenvalue weighted by molar-refractivity contribution is -0.142. The first-order chi connectivity index (χ1) is 7.65. The molecule has 0 atom stereocenters. The van der Waals surface area contributed by atoms with Gasteiger partial charge in [-0.05, 0) is 6.92 Å². The highest BCUT2D eigenvalue weighted by molar-refractivity contribution is 6.36. The van der Waals surface area contributed by atoms with Gasteiger partial charge in [-0.25, -0.2) is 0 Å². The van der Waals surface area contributed by atoms with Crippen LogP contribution in [0.2, 0.25) is 10.0 Å². The Balaban J connectivity index is 2.66. The Morgan fingerprint density at radius 2 is 2.06 bits per heavy atom. The van der Waals surface area contributed by atoms with E-state index in [4.69, 9.17) is 27.9 Å². The van der Waals surface area contributed by atoms with Crippen LogP contribution in [0.25, 0.3) is 6.08 Å². The summed E-state index contributed by atoms with van der Waals surface area (Å²) in [6.45, 7) is 2.14. The second-order valence-electron chi connectivity index (χ2n) is 2.93. The summed E-state index contributed by atoms with van der Waals surface area (Å²) in [6.07, 6.45) is 6.53. The molecule has 0 N–H and O–H groups in total. The first-order valence-corrected chi connectivity index (χ1v) is 5.52. The second kappa shape index (κ2) is 6.51. The molecule has 0 aliphatic heterocycles. The molecule has 0 unspecified atom stereocenters. The van der Waals surface area contributed by atoms with Gasteiger partial charge in [0.15, 0.2) is 0 Å². The molecule has 0 radical (unpaired) electrons. The number of pyridine rings is 1. The lowest BCUT2D eigenvalue weighted by Gasteiger charge is -2.00. The Morgan fingerprint density at radius 3 is 2.62 bits per heavy atom. The molecule has 5 heteroatoms. The molecule has 0 aromatic carbocycles. The molecule has 0 amide bonds. The van der Waals surface area contributed by atoms with Crippen molar-refractivity contribution >= 4 is 35.2 Å². The molecule has 3 nitrogen and oxygen atoms in total. The number of rotatable bonds is 4. The molecule has 86 valence electrons. The van der Waals surface area contributed by atoms with Gasteiger partial charge in [0.2, 0.25) is 0 Å². The van der Waals surface area contributed by atoms with Gasteiger partial charge in [0.05, 0.1) is 23.1 Å². The minimum absolute atomic E-state index is 0.197. The van der Waals surface area contributed by atoms with Crippen LogP contribution in [0.5, 0.6) is 0 Å². The van der Waals surface area contributed by atoms with Crippen molar-refractivity contribution < 1.29 is 9.53 Å². The molecule has 1 rings (SSSR count). The summed E-state index contributed by atoms with van der Waals surface area (Å²) >= 11 is 11.8. The topological polar surface area (TPSA) is 39.2 Å². The van der Waals surface area contributed by atoms with E-state index < -0.39 is 0 Å². The van der Waals surface area contributed by atoms with Crippen molar-refractivity contribution in [2.75, 3.05) is 6.61 Å². The van der Waals surface area contributed by atoms with Gasteiger partial charge < -0.3 is 4.74 Å². The van der Waals surface area contributed by atoms with Crippen LogP contribution in [-0.2, 0) is 9.53 Å². The predicted molar refractivity (Wildman–Crippen MR) is 64.5 cm³/mol. The van der Waals surface area contributed by atoms with E-state index in [2.05, 4.69) is 4.98 Å². The standard InChI is InChI=1S/C11H11Cl2NO2/c1-2-16-11(15)5-3-4-8-9(12)6-14-7-10(8)13/h3-4,6-7H,2,5H2,1H3. The van der Waals surface area contributed by atoms with Crippen LogP contribution in [0.3, 0.4) is 0 Å². The third-order valence-electron chi connectivity index (χ3n) is 1.76. The highest BCUT2D eigenvalue weighted by atomic mass is 35.5. The van der Waals surface area contributed by atoms with Gasteiger partial charge in [0.25, 0.3) is 0 Å². The summed E-state index contributed by atoms with van der Waals surface area (Å²) in [4.78, 5) is 14.9. The third-order valence-corrected chi connectivity index (χ3v) is 2.37. The van der Waals surface area contributed by atoms with E-state index in [-0.39, 0.29) is 12.4 Å². The fourth-order valence-electron chi connectivity index (χ4n) is 1.07. The molecule has 0 saturated carbocycles. The highest BCUT2D eigenvalue weighted by Crippen LogP contribution is 2.24. The molecule has 0 aliphatic carbocycles. The van der Waals surface area contributed by atoms with Gasteiger partial charge >= 0.3 is 5.97 Å². The maximum absolute atomic E-state index is 11.1. The summed E-state index contributed by atoms with van der Waals surface area (Å²) in [7, 11) is 0. The van der Waals surface area contributed by atoms with Crippen molar-refractivity contribution in [3.63, 3.8) is 0 Å². The molecule has 0 bridgehead atoms. The van der Waals surface area contributed by atoms with Crippen LogP contribution in [-0.4, -0.2) is 17.6 Å². The zero-order valence-electron chi connectivity index (χ0n) is 8.74. The maximum Gasteiger partial charge on any atom is 0.309 e. The SMILES string of the molecule is CCOC(=O)CC=Cc1c(Cl)cncc1Cl. The van der Waals surface area contributed by atoms with Crippen LogP contribution >= 0.6 is 23.2 Å². The van der Waals surface area contributed by atoms with Crippen LogP contribution in [0, 0.1) is 0 Å². The van der Waals surface area contributed by atoms with Crippen molar-refractivity contribution in [2.24, 2.45) is 0 Å². The summed E-state index contributed by atoms with van der Waals surface area (Å²) in [5.41, 5.74) is 0.655. The van der Waals surface area contributed by atoms with E-state index in [0.29, 0.717) is 22.2 Å². The highest BCUT2D eigenvalue weighted by Gasteiger charge is 2.02. The van der Waals surface area contributed by atoms with Crippen LogP contribution in [0.15, 0.2) is 18.5 Å². The lowest BCUT2D eigenvalue weighted by Crippen LogP contribution is -2.01. The fraction of sp³-hybridized carbons (Fsp3) is 0.273. The van der Waals surface area contributed by atoms with Gasteiger partial charge in [-0.3, -0.25) is 9.78 Å². The number of halogens is 2. The van der Waals surface area contributed by atoms with Crippen LogP contribution in [0.1, 0.15) is 18.9 Å². The van der Waals surface area contributed by atoms with E-state index in [0.717, 1.165) is 0 Å². The predicted octanol–water partition coefficient (Wildman–Crippen LogP) is 3.35. The van der Waals surface area contributed by atoms with E-state index >= 15 is 0 Å². The van der Waals surface area contributed by atoms with Gasteiger partial charge in [-0.15, -0.1) is 0 Å². The van der Waals surface area contributed by atoms with E-state index in [1.54, 1.807) is 19.1 Å². The molecule has 0 fully saturated rings. The number of hydrogen-bond acceptors (Lipinski definition) is 3. The average molecular weight is 260 g/mol. The minimum atomic E-state index is -0.278. The first kappa shape index (κ1) is 13.0. The fourth-order valence-corrected chi connectivity index (χ4v) is 1.56. The Kier molecular flexibility index (Phi) is 5.29. The van der Waals surface area contributed by atoms with Gasteiger partial charge in [0, 0.05) is 18.0 Å². The van der Waals surface area contributed by atoms with Crippen molar-refractivity contribution in [1.82, 2.24) is 4.98 Å². The van der Waals surface area contributed by atoms with Crippen molar-refractivity contribution in [1.29, 1.82) is 0 Å². The van der Waals surface area contributed by atoms with Gasteiger partial charge in [-0.2, -0.15) is 0 Å². The molecule has 1 aromatic rings. The minimum Gasteiger partial charge on any atom is -0.466 e. The monoisotopic (exact) mass is 259 g/mol. The quantitative estimate of drug-likeness (QED) is 0.779. The van der Waals surface area contributed by atoms with Crippen molar-refractivity contribution in [3.05, 3.63) is 34.1 Å². The second-order valence-corrected chi connectivity index (χ2v) is 3.74. The van der Waals surface area contributed by atoms with E-state index in [1.807, 2.05) is 0 Å². The normalized spacial score (nSPS) is 10.7. The summed E-state index contributed by atoms with van der Waals surface area (Å²) in [5, 5.41) is 0.903. The Labute approximate surface area is 104 Å². The number of carbonyl (C=O) groups excluding carboxylic acids is 1. The van der Waals surface area contributed by atoms with Crippen LogP contribution in [0.4, 0.5) is 0 Å². The number of esters is 1. The molecule has 0 spiro atoms. The number of carbonyl (C=O) groups is 1. The number of hydrogen-bond donors (Lipinski definition) is 0. The van der Waals surface area contributed by atoms with Crippen molar-refractivity contribution in [3.8, 4) is 0 Å². The molecule has 1 heterocycles. The van der Waals surface area contributed by atoms with Gasteiger partial charge in [-0.1, -0.05) is 35.4 Å². The molecular formula is C11H11Cl2NO2. The number of nitrogens with zero attached hydrogens (tertiary/aromatic N) is 1. The maximum atomic E-state index is 11.1. The Bertz CT molecular complexity index is 385. The van der Waals surface area contributed by atoms with Crippen molar-refractivity contribution in [2.45, 2.75) is 13.3 Å². The smallest absolute Gasteiger partial charge is 0.309 e. The summed E-state index contributed by atoms with van der Waals surface area (Å²) < 4.78 is 4.77. The molecule has 1 aromatic heterocycles. The average Bonchev–Trinajstić information content (AvgIpc) is 2.23. The lowest BCUT2D eigenvalue weighted by atomic mass is 10.2. The number of aromatic nitrogens is 1. The summed E-state index contributed by atoms with van der Waals surface area (Å²) in [6, 6.07) is 0. The largest absolute Gasteiger partial charge is 0.466 e. The Hall–Kier alpha value is -1.06. The van der Waals surface area contributed by atoms with E-state index in [9.17, 15) is 4.79 Å². The first-order valence-electron chi connectivity index (χ1n) is 4.76. The van der Waals surface area contributed by atoms with Gasteiger partial charge in [0.1, 0.15) is 0 Å². The van der Waals surface area contributed by atoms with E-state index in [1.165, 1.54) is 12.4 Å². The zero-order valence-corrected chi connectivity index (χ0v) is 10.3. The molecular weight excluding hydrogens is 249 g/mol. The van der Waals surface area contributed by atoms with Crippen LogP contribution < -0.4 is 0 Å². The molecule has 0 aliphatic rings.